The lowest BCUT2D eigenvalue weighted by molar-refractivity contribution is -0.0130. The summed E-state index contributed by atoms with van der Waals surface area (Å²) in [6.45, 7) is 6.42. The summed E-state index contributed by atoms with van der Waals surface area (Å²) in [4.78, 5) is 37.3. The number of aromatic amines is 1. The molecule has 0 aromatic carbocycles. The number of halogens is 1. The number of unbranched alkanes of at least 4 members (excludes halogenated alkanes) is 13. The van der Waals surface area contributed by atoms with Gasteiger partial charge < -0.3 is 18.7 Å². The first-order chi connectivity index (χ1) is 21.7. The van der Waals surface area contributed by atoms with Crippen LogP contribution in [0, 0.1) is 0 Å². The van der Waals surface area contributed by atoms with Crippen molar-refractivity contribution in [2.75, 3.05) is 32.8 Å². The van der Waals surface area contributed by atoms with Crippen LogP contribution < -0.4 is 11.2 Å². The highest BCUT2D eigenvalue weighted by molar-refractivity contribution is 9.10. The van der Waals surface area contributed by atoms with Crippen molar-refractivity contribution in [2.45, 2.75) is 130 Å². The normalized spacial score (nSPS) is 13.0. The minimum absolute atomic E-state index is 0.116. The quantitative estimate of drug-likeness (QED) is 0.0297. The van der Waals surface area contributed by atoms with Gasteiger partial charge in [0.05, 0.1) is 23.3 Å². The summed E-state index contributed by atoms with van der Waals surface area (Å²) < 4.78 is 41.1. The van der Waals surface area contributed by atoms with Crippen LogP contribution in [0.1, 0.15) is 117 Å². The first-order valence-electron chi connectivity index (χ1n) is 16.6. The van der Waals surface area contributed by atoms with Crippen LogP contribution in [0.15, 0.2) is 32.4 Å². The highest BCUT2D eigenvalue weighted by Crippen LogP contribution is 2.48. The third-order valence-corrected chi connectivity index (χ3v) is 9.18. The van der Waals surface area contributed by atoms with Gasteiger partial charge in [-0.05, 0) is 42.6 Å². The Morgan fingerprint density at radius 2 is 1.44 bits per heavy atom. The molecule has 0 saturated carbocycles. The van der Waals surface area contributed by atoms with Gasteiger partial charge in [-0.25, -0.2) is 9.59 Å². The molecule has 1 atom stereocenters. The Bertz CT molecular complexity index is 1110. The predicted octanol–water partition coefficient (Wildman–Crippen LogP) is 8.49. The van der Waals surface area contributed by atoms with Gasteiger partial charge in [-0.1, -0.05) is 103 Å². The van der Waals surface area contributed by atoms with Crippen molar-refractivity contribution < 1.29 is 32.6 Å². The van der Waals surface area contributed by atoms with Gasteiger partial charge in [-0.2, -0.15) is 0 Å². The SMILES string of the molecule is CCCCCCCCCCCCCCCCOCCCOP(=O)(C/C=C/Cn1cc(Br)c(=O)[nH]c1=O)OCOC(=O)OC(C)C. The fourth-order valence-electron chi connectivity index (χ4n) is 4.40. The molecule has 0 spiro atoms. The molecule has 0 saturated heterocycles. The highest BCUT2D eigenvalue weighted by atomic mass is 79.9. The van der Waals surface area contributed by atoms with Crippen molar-refractivity contribution in [3.8, 4) is 0 Å². The number of allylic oxidation sites excluding steroid dienone is 2. The minimum atomic E-state index is -3.68. The molecule has 260 valence electrons. The molecule has 1 aromatic heterocycles. The van der Waals surface area contributed by atoms with E-state index >= 15 is 0 Å². The van der Waals surface area contributed by atoms with Crippen LogP contribution >= 0.6 is 23.5 Å². The van der Waals surface area contributed by atoms with Crippen LogP contribution in [0.25, 0.3) is 0 Å². The predicted molar refractivity (Wildman–Crippen MR) is 181 cm³/mol. The molecule has 0 amide bonds. The number of H-pyrrole nitrogens is 1. The number of aromatic nitrogens is 2. The molecular formula is C32H56BrN2O9P. The summed E-state index contributed by atoms with van der Waals surface area (Å²) in [6, 6.07) is 0. The number of hydrogen-bond donors (Lipinski definition) is 1. The van der Waals surface area contributed by atoms with E-state index in [2.05, 4.69) is 27.8 Å². The Labute approximate surface area is 277 Å². The van der Waals surface area contributed by atoms with Crippen molar-refractivity contribution in [1.82, 2.24) is 9.55 Å². The summed E-state index contributed by atoms with van der Waals surface area (Å²) in [5.41, 5.74) is -1.10. The molecule has 1 N–H and O–H groups in total. The summed E-state index contributed by atoms with van der Waals surface area (Å²) in [6.07, 6.45) is 22.0. The molecule has 0 fully saturated rings. The van der Waals surface area contributed by atoms with E-state index in [1.165, 1.54) is 87.8 Å². The molecule has 1 rings (SSSR count). The topological polar surface area (TPSA) is 135 Å². The van der Waals surface area contributed by atoms with Gasteiger partial charge in [0, 0.05) is 26.0 Å². The molecule has 11 nitrogen and oxygen atoms in total. The zero-order valence-corrected chi connectivity index (χ0v) is 30.1. The number of carbonyl (C=O) groups excluding carboxylic acids is 1. The first kappa shape index (κ1) is 41.3. The molecular weight excluding hydrogens is 667 g/mol. The smallest absolute Gasteiger partial charge is 0.432 e. The standard InChI is InChI=1S/C32H56BrN2O9P/c1-4-5-6-7-8-9-10-11-12-13-14-15-16-18-22-40-23-20-24-42-45(39,43-27-41-32(38)44-28(2)3)25-19-17-21-35-26-29(33)30(36)34-31(35)37/h17,19,26,28H,4-16,18,20-25,27H2,1-3H3,(H,34,36,37)/b19-17+. The van der Waals surface area contributed by atoms with E-state index in [0.717, 1.165) is 12.8 Å². The maximum atomic E-state index is 13.3. The second-order valence-corrected chi connectivity index (χ2v) is 14.3. The van der Waals surface area contributed by atoms with Gasteiger partial charge in [-0.3, -0.25) is 23.4 Å². The monoisotopic (exact) mass is 722 g/mol. The molecule has 0 bridgehead atoms. The number of hydrogen-bond acceptors (Lipinski definition) is 9. The zero-order valence-electron chi connectivity index (χ0n) is 27.6. The third-order valence-electron chi connectivity index (χ3n) is 6.89. The summed E-state index contributed by atoms with van der Waals surface area (Å²) in [7, 11) is -3.68. The Morgan fingerprint density at radius 3 is 2.04 bits per heavy atom. The van der Waals surface area contributed by atoms with Crippen LogP contribution in [0.3, 0.4) is 0 Å². The molecule has 0 aliphatic rings. The van der Waals surface area contributed by atoms with E-state index in [1.54, 1.807) is 26.0 Å². The lowest BCUT2D eigenvalue weighted by atomic mass is 10.0. The lowest BCUT2D eigenvalue weighted by Crippen LogP contribution is -2.29. The number of ether oxygens (including phenoxy) is 3. The van der Waals surface area contributed by atoms with Crippen LogP contribution in [0.4, 0.5) is 4.79 Å². The van der Waals surface area contributed by atoms with E-state index < -0.39 is 31.8 Å². The Hall–Kier alpha value is -1.72. The van der Waals surface area contributed by atoms with Gasteiger partial charge in [0.2, 0.25) is 6.79 Å². The second-order valence-electron chi connectivity index (χ2n) is 11.4. The van der Waals surface area contributed by atoms with Gasteiger partial charge in [-0.15, -0.1) is 0 Å². The molecule has 1 aromatic rings. The third kappa shape index (κ3) is 22.4. The van der Waals surface area contributed by atoms with Crippen molar-refractivity contribution in [3.63, 3.8) is 0 Å². The van der Waals surface area contributed by atoms with Crippen LogP contribution in [-0.2, 0) is 34.4 Å². The zero-order chi connectivity index (χ0) is 33.2. The van der Waals surface area contributed by atoms with E-state index in [0.29, 0.717) is 19.6 Å². The van der Waals surface area contributed by atoms with Gasteiger partial charge in [0.15, 0.2) is 0 Å². The largest absolute Gasteiger partial charge is 0.510 e. The molecule has 1 heterocycles. The molecule has 0 radical (unpaired) electrons. The van der Waals surface area contributed by atoms with Crippen molar-refractivity contribution in [1.29, 1.82) is 0 Å². The first-order valence-corrected chi connectivity index (χ1v) is 19.1. The molecule has 0 aliphatic heterocycles. The number of rotatable bonds is 28. The Kier molecular flexibility index (Phi) is 24.2. The average molecular weight is 724 g/mol. The average Bonchev–Trinajstić information content (AvgIpc) is 2.98. The van der Waals surface area contributed by atoms with E-state index in [-0.39, 0.29) is 29.9 Å². The lowest BCUT2D eigenvalue weighted by Gasteiger charge is -2.17. The second kappa shape index (κ2) is 26.4. The molecule has 1 unspecified atom stereocenters. The van der Waals surface area contributed by atoms with Crippen molar-refractivity contribution >= 4 is 29.7 Å². The summed E-state index contributed by atoms with van der Waals surface area (Å²) >= 11 is 3.08. The van der Waals surface area contributed by atoms with Crippen LogP contribution in [-0.4, -0.2) is 54.6 Å². The van der Waals surface area contributed by atoms with E-state index in [9.17, 15) is 18.9 Å². The Balaban J connectivity index is 2.26. The molecule has 13 heteroatoms. The number of carbonyl (C=O) groups is 1. The fourth-order valence-corrected chi connectivity index (χ4v) is 6.06. The van der Waals surface area contributed by atoms with Crippen LogP contribution in [0.5, 0.6) is 0 Å². The van der Waals surface area contributed by atoms with E-state index in [4.69, 9.17) is 23.3 Å². The molecule has 0 aliphatic carbocycles. The maximum Gasteiger partial charge on any atom is 0.510 e. The Morgan fingerprint density at radius 1 is 0.867 bits per heavy atom. The summed E-state index contributed by atoms with van der Waals surface area (Å²) in [5.74, 6) is 0. The van der Waals surface area contributed by atoms with Gasteiger partial charge in [0.1, 0.15) is 0 Å². The number of nitrogens with zero attached hydrogens (tertiary/aromatic N) is 1. The highest BCUT2D eigenvalue weighted by Gasteiger charge is 2.24. The van der Waals surface area contributed by atoms with E-state index in [1.807, 2.05) is 0 Å². The van der Waals surface area contributed by atoms with Gasteiger partial charge >= 0.3 is 19.4 Å². The maximum absolute atomic E-state index is 13.3. The van der Waals surface area contributed by atoms with Crippen LogP contribution in [0.2, 0.25) is 0 Å². The fraction of sp³-hybridized carbons (Fsp3) is 0.781. The van der Waals surface area contributed by atoms with Crippen molar-refractivity contribution in [2.24, 2.45) is 0 Å². The van der Waals surface area contributed by atoms with Gasteiger partial charge in [0.25, 0.3) is 5.56 Å². The number of nitrogens with one attached hydrogen (secondary N) is 1. The van der Waals surface area contributed by atoms with Crippen molar-refractivity contribution in [3.05, 3.63) is 43.7 Å². The minimum Gasteiger partial charge on any atom is -0.432 e. The summed E-state index contributed by atoms with van der Waals surface area (Å²) in [5, 5.41) is 0. The molecule has 45 heavy (non-hydrogen) atoms.